The van der Waals surface area contributed by atoms with Crippen molar-refractivity contribution < 1.29 is 4.79 Å². The first-order valence-electron chi connectivity index (χ1n) is 5.88. The van der Waals surface area contributed by atoms with Gasteiger partial charge in [-0.2, -0.15) is 0 Å². The van der Waals surface area contributed by atoms with E-state index in [-0.39, 0.29) is 5.91 Å². The van der Waals surface area contributed by atoms with Gasteiger partial charge in [-0.1, -0.05) is 24.3 Å². The molecule has 1 rings (SSSR count). The Hall–Kier alpha value is -1.77. The molecule has 0 atom stereocenters. The molecule has 3 nitrogen and oxygen atoms in total. The standard InChI is InChI=1S/C14H20N2O/c1-3-4-8-11-16(2)14(17)12-15-13-9-6-5-7-10-13/h3,5-7,9-10,15H,1,4,8,11-12H2,2H3. The second kappa shape index (κ2) is 7.49. The van der Waals surface area contributed by atoms with Crippen molar-refractivity contribution in [3.63, 3.8) is 0 Å². The van der Waals surface area contributed by atoms with Crippen molar-refractivity contribution in [1.29, 1.82) is 0 Å². The normalized spacial score (nSPS) is 9.71. The zero-order valence-electron chi connectivity index (χ0n) is 10.4. The lowest BCUT2D eigenvalue weighted by molar-refractivity contribution is -0.128. The molecule has 1 N–H and O–H groups in total. The molecule has 17 heavy (non-hydrogen) atoms. The van der Waals surface area contributed by atoms with Crippen LogP contribution in [-0.2, 0) is 4.79 Å². The van der Waals surface area contributed by atoms with Crippen LogP contribution in [0.15, 0.2) is 43.0 Å². The van der Waals surface area contributed by atoms with E-state index in [1.807, 2.05) is 43.5 Å². The highest BCUT2D eigenvalue weighted by molar-refractivity contribution is 5.80. The molecule has 0 saturated carbocycles. The van der Waals surface area contributed by atoms with Gasteiger partial charge in [0.2, 0.25) is 5.91 Å². The van der Waals surface area contributed by atoms with Gasteiger partial charge in [-0.05, 0) is 25.0 Å². The number of hydrogen-bond donors (Lipinski definition) is 1. The Morgan fingerprint density at radius 2 is 2.12 bits per heavy atom. The van der Waals surface area contributed by atoms with Crippen molar-refractivity contribution in [2.75, 3.05) is 25.5 Å². The molecule has 0 bridgehead atoms. The van der Waals surface area contributed by atoms with Gasteiger partial charge in [0.1, 0.15) is 0 Å². The fourth-order valence-corrected chi connectivity index (χ4v) is 1.47. The molecule has 0 saturated heterocycles. The highest BCUT2D eigenvalue weighted by Gasteiger charge is 2.06. The highest BCUT2D eigenvalue weighted by Crippen LogP contribution is 2.04. The number of hydrogen-bond acceptors (Lipinski definition) is 2. The fourth-order valence-electron chi connectivity index (χ4n) is 1.47. The third-order valence-corrected chi connectivity index (χ3v) is 2.55. The van der Waals surface area contributed by atoms with Gasteiger partial charge >= 0.3 is 0 Å². The van der Waals surface area contributed by atoms with E-state index in [1.54, 1.807) is 4.90 Å². The number of nitrogens with zero attached hydrogens (tertiary/aromatic N) is 1. The van der Waals surface area contributed by atoms with Crippen molar-refractivity contribution >= 4 is 11.6 Å². The molecule has 0 aliphatic carbocycles. The van der Waals surface area contributed by atoms with Crippen molar-refractivity contribution in [3.8, 4) is 0 Å². The minimum atomic E-state index is 0.109. The van der Waals surface area contributed by atoms with Crippen LogP contribution in [0.2, 0.25) is 0 Å². The fraction of sp³-hybridized carbons (Fsp3) is 0.357. The average molecular weight is 232 g/mol. The number of carbonyl (C=O) groups excluding carboxylic acids is 1. The van der Waals surface area contributed by atoms with Crippen molar-refractivity contribution in [1.82, 2.24) is 4.90 Å². The molecular weight excluding hydrogens is 212 g/mol. The molecule has 1 aromatic rings. The Bertz CT molecular complexity index is 348. The summed E-state index contributed by atoms with van der Waals surface area (Å²) in [5.74, 6) is 0.109. The van der Waals surface area contributed by atoms with Crippen molar-refractivity contribution in [3.05, 3.63) is 43.0 Å². The summed E-state index contributed by atoms with van der Waals surface area (Å²) in [6.07, 6.45) is 3.79. The maximum absolute atomic E-state index is 11.7. The molecule has 0 unspecified atom stereocenters. The van der Waals surface area contributed by atoms with Gasteiger partial charge in [-0.3, -0.25) is 4.79 Å². The van der Waals surface area contributed by atoms with E-state index >= 15 is 0 Å². The van der Waals surface area contributed by atoms with Crippen LogP contribution in [0.4, 0.5) is 5.69 Å². The van der Waals surface area contributed by atoms with Gasteiger partial charge in [0.05, 0.1) is 6.54 Å². The first-order chi connectivity index (χ1) is 8.24. The third-order valence-electron chi connectivity index (χ3n) is 2.55. The Labute approximate surface area is 103 Å². The van der Waals surface area contributed by atoms with Crippen molar-refractivity contribution in [2.24, 2.45) is 0 Å². The maximum Gasteiger partial charge on any atom is 0.241 e. The number of rotatable bonds is 7. The summed E-state index contributed by atoms with van der Waals surface area (Å²) in [6, 6.07) is 9.74. The Kier molecular flexibility index (Phi) is 5.86. The summed E-state index contributed by atoms with van der Waals surface area (Å²) >= 11 is 0. The third kappa shape index (κ3) is 5.20. The molecule has 0 heterocycles. The minimum absolute atomic E-state index is 0.109. The van der Waals surface area contributed by atoms with E-state index in [9.17, 15) is 4.79 Å². The molecule has 3 heteroatoms. The molecule has 0 spiro atoms. The van der Waals surface area contributed by atoms with E-state index in [4.69, 9.17) is 0 Å². The van der Waals surface area contributed by atoms with Gasteiger partial charge in [-0.25, -0.2) is 0 Å². The number of amides is 1. The van der Waals surface area contributed by atoms with Gasteiger partial charge < -0.3 is 10.2 Å². The van der Waals surface area contributed by atoms with E-state index < -0.39 is 0 Å². The van der Waals surface area contributed by atoms with E-state index in [2.05, 4.69) is 11.9 Å². The molecule has 1 amide bonds. The number of nitrogens with one attached hydrogen (secondary N) is 1. The summed E-state index contributed by atoms with van der Waals surface area (Å²) in [6.45, 7) is 4.78. The van der Waals surface area contributed by atoms with Crippen molar-refractivity contribution in [2.45, 2.75) is 12.8 Å². The van der Waals surface area contributed by atoms with E-state index in [0.29, 0.717) is 6.54 Å². The highest BCUT2D eigenvalue weighted by atomic mass is 16.2. The number of likely N-dealkylation sites (N-methyl/N-ethyl adjacent to an activating group) is 1. The molecule has 0 fully saturated rings. The molecule has 92 valence electrons. The number of carbonyl (C=O) groups is 1. The minimum Gasteiger partial charge on any atom is -0.376 e. The molecule has 0 aromatic heterocycles. The predicted octanol–water partition coefficient (Wildman–Crippen LogP) is 2.52. The molecular formula is C14H20N2O. The average Bonchev–Trinajstić information content (AvgIpc) is 2.37. The van der Waals surface area contributed by atoms with E-state index in [0.717, 1.165) is 25.1 Å². The second-order valence-electron chi connectivity index (χ2n) is 3.97. The summed E-state index contributed by atoms with van der Waals surface area (Å²) in [5, 5.41) is 3.10. The summed E-state index contributed by atoms with van der Waals surface area (Å²) in [7, 11) is 1.83. The second-order valence-corrected chi connectivity index (χ2v) is 3.97. The van der Waals surface area contributed by atoms with Crippen LogP contribution in [0, 0.1) is 0 Å². The van der Waals surface area contributed by atoms with Crippen LogP contribution >= 0.6 is 0 Å². The quantitative estimate of drug-likeness (QED) is 0.578. The van der Waals surface area contributed by atoms with Crippen LogP contribution in [0.25, 0.3) is 0 Å². The topological polar surface area (TPSA) is 32.3 Å². The van der Waals surface area contributed by atoms with Gasteiger partial charge in [0.25, 0.3) is 0 Å². The largest absolute Gasteiger partial charge is 0.376 e. The zero-order valence-corrected chi connectivity index (χ0v) is 10.4. The lowest BCUT2D eigenvalue weighted by Crippen LogP contribution is -2.32. The number of anilines is 1. The monoisotopic (exact) mass is 232 g/mol. The van der Waals surface area contributed by atoms with E-state index in [1.165, 1.54) is 0 Å². The summed E-state index contributed by atoms with van der Waals surface area (Å²) < 4.78 is 0. The van der Waals surface area contributed by atoms with Crippen LogP contribution < -0.4 is 5.32 Å². The summed E-state index contributed by atoms with van der Waals surface area (Å²) in [4.78, 5) is 13.5. The molecule has 0 aliphatic heterocycles. The number of para-hydroxylation sites is 1. The van der Waals surface area contributed by atoms with Crippen LogP contribution in [0.3, 0.4) is 0 Å². The van der Waals surface area contributed by atoms with Crippen LogP contribution in [0.5, 0.6) is 0 Å². The lowest BCUT2D eigenvalue weighted by atomic mass is 10.3. The zero-order chi connectivity index (χ0) is 12.5. The number of unbranched alkanes of at least 4 members (excludes halogenated alkanes) is 1. The Morgan fingerprint density at radius 3 is 2.76 bits per heavy atom. The SMILES string of the molecule is C=CCCCN(C)C(=O)CNc1ccccc1. The van der Waals surface area contributed by atoms with Gasteiger partial charge in [-0.15, -0.1) is 6.58 Å². The Balaban J connectivity index is 2.26. The summed E-state index contributed by atoms with van der Waals surface area (Å²) in [5.41, 5.74) is 0.973. The molecule has 0 aliphatic rings. The smallest absolute Gasteiger partial charge is 0.241 e. The number of benzene rings is 1. The lowest BCUT2D eigenvalue weighted by Gasteiger charge is -2.17. The Morgan fingerprint density at radius 1 is 1.41 bits per heavy atom. The van der Waals surface area contributed by atoms with Gasteiger partial charge in [0, 0.05) is 19.3 Å². The van der Waals surface area contributed by atoms with Crippen LogP contribution in [0.1, 0.15) is 12.8 Å². The van der Waals surface area contributed by atoms with Gasteiger partial charge in [0.15, 0.2) is 0 Å². The predicted molar refractivity (Wildman–Crippen MR) is 72.0 cm³/mol. The first kappa shape index (κ1) is 13.3. The number of allylic oxidation sites excluding steroid dienone is 1. The maximum atomic E-state index is 11.7. The first-order valence-corrected chi connectivity index (χ1v) is 5.88. The molecule has 0 radical (unpaired) electrons. The molecule has 1 aromatic carbocycles. The van der Waals surface area contributed by atoms with Crippen LogP contribution in [-0.4, -0.2) is 30.9 Å².